The maximum Gasteiger partial charge on any atom is 0.180 e. The first-order valence-corrected chi connectivity index (χ1v) is 3.61. The van der Waals surface area contributed by atoms with Crippen molar-refractivity contribution in [3.05, 3.63) is 5.82 Å². The van der Waals surface area contributed by atoms with Crippen LogP contribution in [-0.2, 0) is 5.41 Å². The van der Waals surface area contributed by atoms with Crippen LogP contribution in [0.5, 0.6) is 0 Å². The highest BCUT2D eigenvalue weighted by molar-refractivity contribution is 4.98. The van der Waals surface area contributed by atoms with Crippen molar-refractivity contribution in [2.75, 3.05) is 6.54 Å². The van der Waals surface area contributed by atoms with E-state index in [4.69, 9.17) is 5.73 Å². The molecule has 0 saturated heterocycles. The Labute approximate surface area is 65.4 Å². The summed E-state index contributed by atoms with van der Waals surface area (Å²) in [5, 5.41) is 13.7. The van der Waals surface area contributed by atoms with Gasteiger partial charge >= 0.3 is 0 Å². The molecule has 0 aromatic carbocycles. The van der Waals surface area contributed by atoms with Crippen LogP contribution in [0.2, 0.25) is 0 Å². The molecule has 3 N–H and O–H groups in total. The number of aromatic amines is 1. The lowest BCUT2D eigenvalue weighted by molar-refractivity contribution is 0.457. The van der Waals surface area contributed by atoms with Gasteiger partial charge in [-0.05, 0) is 13.0 Å². The van der Waals surface area contributed by atoms with Gasteiger partial charge in [-0.1, -0.05) is 19.1 Å². The SMILES string of the molecule is CC(C)(CCN)c1nn[nH]n1. The van der Waals surface area contributed by atoms with Crippen LogP contribution >= 0.6 is 0 Å². The average Bonchev–Trinajstić information content (AvgIpc) is 2.37. The van der Waals surface area contributed by atoms with Gasteiger partial charge in [0.2, 0.25) is 0 Å². The normalized spacial score (nSPS) is 11.9. The number of nitrogens with one attached hydrogen (secondary N) is 1. The first-order valence-electron chi connectivity index (χ1n) is 3.61. The summed E-state index contributed by atoms with van der Waals surface area (Å²) in [7, 11) is 0. The lowest BCUT2D eigenvalue weighted by atomic mass is 9.89. The highest BCUT2D eigenvalue weighted by Gasteiger charge is 2.23. The van der Waals surface area contributed by atoms with Crippen LogP contribution in [0.3, 0.4) is 0 Å². The van der Waals surface area contributed by atoms with Crippen molar-refractivity contribution in [2.24, 2.45) is 5.73 Å². The molecular weight excluding hydrogens is 142 g/mol. The molecule has 0 amide bonds. The first kappa shape index (κ1) is 8.13. The number of rotatable bonds is 3. The Morgan fingerprint density at radius 1 is 1.55 bits per heavy atom. The predicted octanol–water partition coefficient (Wildman–Crippen LogP) is -0.174. The molecule has 0 radical (unpaired) electrons. The first-order chi connectivity index (χ1) is 5.17. The molecule has 0 bridgehead atoms. The molecule has 5 nitrogen and oxygen atoms in total. The van der Waals surface area contributed by atoms with E-state index < -0.39 is 0 Å². The van der Waals surface area contributed by atoms with Crippen LogP contribution in [0.15, 0.2) is 0 Å². The van der Waals surface area contributed by atoms with Crippen LogP contribution in [0, 0.1) is 0 Å². The summed E-state index contributed by atoms with van der Waals surface area (Å²) < 4.78 is 0. The summed E-state index contributed by atoms with van der Waals surface area (Å²) in [6.07, 6.45) is 0.868. The highest BCUT2D eigenvalue weighted by atomic mass is 15.5. The van der Waals surface area contributed by atoms with Crippen molar-refractivity contribution in [3.8, 4) is 0 Å². The second kappa shape index (κ2) is 2.96. The predicted molar refractivity (Wildman–Crippen MR) is 40.9 cm³/mol. The van der Waals surface area contributed by atoms with E-state index in [0.29, 0.717) is 6.54 Å². The monoisotopic (exact) mass is 155 g/mol. The number of tetrazole rings is 1. The molecule has 0 saturated carbocycles. The highest BCUT2D eigenvalue weighted by Crippen LogP contribution is 2.21. The van der Waals surface area contributed by atoms with Gasteiger partial charge in [0.1, 0.15) is 0 Å². The molecule has 5 heteroatoms. The van der Waals surface area contributed by atoms with E-state index in [1.54, 1.807) is 0 Å². The number of nitrogens with zero attached hydrogens (tertiary/aromatic N) is 3. The molecule has 11 heavy (non-hydrogen) atoms. The zero-order chi connectivity index (χ0) is 8.32. The molecule has 0 spiro atoms. The third-order valence-electron chi connectivity index (χ3n) is 1.72. The summed E-state index contributed by atoms with van der Waals surface area (Å²) >= 11 is 0. The maximum absolute atomic E-state index is 5.43. The van der Waals surface area contributed by atoms with Gasteiger partial charge < -0.3 is 5.73 Å². The Bertz CT molecular complexity index is 203. The van der Waals surface area contributed by atoms with Gasteiger partial charge in [-0.25, -0.2) is 0 Å². The average molecular weight is 155 g/mol. The smallest absolute Gasteiger partial charge is 0.180 e. The van der Waals surface area contributed by atoms with Crippen molar-refractivity contribution in [1.29, 1.82) is 0 Å². The quantitative estimate of drug-likeness (QED) is 0.634. The summed E-state index contributed by atoms with van der Waals surface area (Å²) in [5.41, 5.74) is 5.37. The van der Waals surface area contributed by atoms with E-state index in [1.807, 2.05) is 13.8 Å². The summed E-state index contributed by atoms with van der Waals surface area (Å²) in [5.74, 6) is 0.725. The molecule has 1 heterocycles. The van der Waals surface area contributed by atoms with Crippen LogP contribution in [0.1, 0.15) is 26.1 Å². The van der Waals surface area contributed by atoms with Crippen LogP contribution in [-0.4, -0.2) is 27.2 Å². The standard InChI is InChI=1S/C6H13N5/c1-6(2,3-4-7)5-8-10-11-9-5/h3-4,7H2,1-2H3,(H,8,9,10,11). The molecule has 0 aliphatic rings. The summed E-state index contributed by atoms with van der Waals surface area (Å²) in [4.78, 5) is 0. The van der Waals surface area contributed by atoms with Gasteiger partial charge in [0.05, 0.1) is 0 Å². The Kier molecular flexibility index (Phi) is 2.19. The Morgan fingerprint density at radius 3 is 2.73 bits per heavy atom. The topological polar surface area (TPSA) is 80.5 Å². The van der Waals surface area contributed by atoms with Gasteiger partial charge in [0.25, 0.3) is 0 Å². The molecule has 0 fully saturated rings. The van der Waals surface area contributed by atoms with Crippen LogP contribution in [0.4, 0.5) is 0 Å². The van der Waals surface area contributed by atoms with Gasteiger partial charge in [0.15, 0.2) is 5.82 Å². The fourth-order valence-corrected chi connectivity index (χ4v) is 0.921. The van der Waals surface area contributed by atoms with E-state index in [9.17, 15) is 0 Å². The zero-order valence-electron chi connectivity index (χ0n) is 6.83. The van der Waals surface area contributed by atoms with Gasteiger partial charge in [-0.2, -0.15) is 5.21 Å². The minimum atomic E-state index is -0.0677. The molecule has 1 aromatic heterocycles. The van der Waals surface area contributed by atoms with Crippen LogP contribution < -0.4 is 5.73 Å². The summed E-state index contributed by atoms with van der Waals surface area (Å²) in [6, 6.07) is 0. The molecule has 1 rings (SSSR count). The number of H-pyrrole nitrogens is 1. The molecule has 62 valence electrons. The maximum atomic E-state index is 5.43. The minimum Gasteiger partial charge on any atom is -0.330 e. The van der Waals surface area contributed by atoms with Gasteiger partial charge in [-0.15, -0.1) is 10.2 Å². The van der Waals surface area contributed by atoms with Crippen molar-refractivity contribution >= 4 is 0 Å². The van der Waals surface area contributed by atoms with Crippen molar-refractivity contribution in [3.63, 3.8) is 0 Å². The lowest BCUT2D eigenvalue weighted by Gasteiger charge is -2.18. The fraction of sp³-hybridized carbons (Fsp3) is 0.833. The Balaban J connectivity index is 2.73. The van der Waals surface area contributed by atoms with Gasteiger partial charge in [-0.3, -0.25) is 0 Å². The van der Waals surface area contributed by atoms with Crippen molar-refractivity contribution in [2.45, 2.75) is 25.7 Å². The van der Waals surface area contributed by atoms with E-state index in [2.05, 4.69) is 20.6 Å². The largest absolute Gasteiger partial charge is 0.330 e. The van der Waals surface area contributed by atoms with Crippen molar-refractivity contribution in [1.82, 2.24) is 20.6 Å². The zero-order valence-corrected chi connectivity index (χ0v) is 6.83. The Morgan fingerprint density at radius 2 is 2.27 bits per heavy atom. The van der Waals surface area contributed by atoms with Gasteiger partial charge in [0, 0.05) is 5.41 Å². The number of hydrogen-bond donors (Lipinski definition) is 2. The van der Waals surface area contributed by atoms with E-state index in [0.717, 1.165) is 12.2 Å². The lowest BCUT2D eigenvalue weighted by Crippen LogP contribution is -2.23. The molecular formula is C6H13N5. The molecule has 0 unspecified atom stereocenters. The number of aromatic nitrogens is 4. The third kappa shape index (κ3) is 1.74. The summed E-state index contributed by atoms with van der Waals surface area (Å²) in [6.45, 7) is 4.73. The third-order valence-corrected chi connectivity index (χ3v) is 1.72. The van der Waals surface area contributed by atoms with E-state index in [1.165, 1.54) is 0 Å². The second-order valence-corrected chi connectivity index (χ2v) is 3.16. The van der Waals surface area contributed by atoms with E-state index in [-0.39, 0.29) is 5.41 Å². The molecule has 1 aromatic rings. The van der Waals surface area contributed by atoms with E-state index >= 15 is 0 Å². The van der Waals surface area contributed by atoms with Crippen molar-refractivity contribution < 1.29 is 0 Å². The second-order valence-electron chi connectivity index (χ2n) is 3.16. The molecule has 0 atom stereocenters. The fourth-order valence-electron chi connectivity index (χ4n) is 0.921. The Hall–Kier alpha value is -0.970. The number of hydrogen-bond acceptors (Lipinski definition) is 4. The van der Waals surface area contributed by atoms with Crippen LogP contribution in [0.25, 0.3) is 0 Å². The molecule has 0 aliphatic carbocycles. The molecule has 0 aliphatic heterocycles. The minimum absolute atomic E-state index is 0.0677. The number of nitrogens with two attached hydrogens (primary N) is 1.